The van der Waals surface area contributed by atoms with E-state index in [2.05, 4.69) is 29.5 Å². The highest BCUT2D eigenvalue weighted by Crippen LogP contribution is 2.30. The fraction of sp³-hybridized carbons (Fsp3) is 0.562. The van der Waals surface area contributed by atoms with Crippen molar-refractivity contribution in [2.24, 2.45) is 7.05 Å². The van der Waals surface area contributed by atoms with Crippen LogP contribution in [0.1, 0.15) is 38.2 Å². The Bertz CT molecular complexity index is 662. The van der Waals surface area contributed by atoms with Gasteiger partial charge in [-0.3, -0.25) is 0 Å². The maximum absolute atomic E-state index is 13.6. The number of hydrogen-bond acceptors (Lipinski definition) is 3. The minimum atomic E-state index is -0.755. The molecule has 0 radical (unpaired) electrons. The number of anilines is 2. The summed E-state index contributed by atoms with van der Waals surface area (Å²) in [6.45, 7) is 5.56. The number of rotatable bonds is 2. The van der Waals surface area contributed by atoms with E-state index in [1.54, 1.807) is 0 Å². The molecule has 1 aromatic heterocycles. The van der Waals surface area contributed by atoms with Gasteiger partial charge in [0.2, 0.25) is 5.95 Å². The number of nitrogen functional groups attached to an aromatic ring is 1. The molecule has 5 heteroatoms. The van der Waals surface area contributed by atoms with Crippen molar-refractivity contribution in [3.63, 3.8) is 0 Å². The molecule has 21 heavy (non-hydrogen) atoms. The van der Waals surface area contributed by atoms with Crippen molar-refractivity contribution in [2.45, 2.75) is 38.8 Å². The van der Waals surface area contributed by atoms with Crippen LogP contribution in [-0.2, 0) is 7.05 Å². The standard InChI is InChI=1S/C16H23FN4/c1-10(2)12-7-15-14(8-13(12)18)19-16(20(15)3)21-6-4-5-11(17)9-21/h7-8,10-11H,4-6,9,18H2,1-3H3. The molecule has 2 N–H and O–H groups in total. The minimum absolute atomic E-state index is 0.373. The zero-order chi connectivity index (χ0) is 15.1. The molecule has 114 valence electrons. The number of aryl methyl sites for hydroxylation is 1. The highest BCUT2D eigenvalue weighted by molar-refractivity contribution is 5.84. The van der Waals surface area contributed by atoms with Crippen LogP contribution >= 0.6 is 0 Å². The SMILES string of the molecule is CC(C)c1cc2c(cc1N)nc(N1CCCC(F)C1)n2C. The second kappa shape index (κ2) is 5.20. The highest BCUT2D eigenvalue weighted by atomic mass is 19.1. The molecule has 1 unspecified atom stereocenters. The van der Waals surface area contributed by atoms with Crippen LogP contribution in [0.4, 0.5) is 16.0 Å². The maximum Gasteiger partial charge on any atom is 0.206 e. The average molecular weight is 290 g/mol. The summed E-state index contributed by atoms with van der Waals surface area (Å²) in [5.74, 6) is 1.21. The fourth-order valence-corrected chi connectivity index (χ4v) is 3.15. The molecule has 2 aromatic rings. The molecule has 1 saturated heterocycles. The topological polar surface area (TPSA) is 47.1 Å². The average Bonchev–Trinajstić information content (AvgIpc) is 2.74. The molecule has 0 aliphatic carbocycles. The van der Waals surface area contributed by atoms with Crippen molar-refractivity contribution < 1.29 is 4.39 Å². The molecule has 1 aliphatic rings. The van der Waals surface area contributed by atoms with E-state index in [-0.39, 0.29) is 0 Å². The zero-order valence-corrected chi connectivity index (χ0v) is 12.9. The van der Waals surface area contributed by atoms with Crippen LogP contribution in [0.2, 0.25) is 0 Å². The van der Waals surface area contributed by atoms with E-state index in [1.165, 1.54) is 0 Å². The maximum atomic E-state index is 13.6. The summed E-state index contributed by atoms with van der Waals surface area (Å²) >= 11 is 0. The first-order valence-corrected chi connectivity index (χ1v) is 7.62. The first-order chi connectivity index (χ1) is 9.97. The van der Waals surface area contributed by atoms with Crippen molar-refractivity contribution >= 4 is 22.7 Å². The summed E-state index contributed by atoms with van der Waals surface area (Å²) in [5, 5.41) is 0. The van der Waals surface area contributed by atoms with Gasteiger partial charge in [0.05, 0.1) is 17.6 Å². The van der Waals surface area contributed by atoms with E-state index in [4.69, 9.17) is 5.73 Å². The summed E-state index contributed by atoms with van der Waals surface area (Å²) < 4.78 is 15.7. The number of piperidine rings is 1. The summed E-state index contributed by atoms with van der Waals surface area (Å²) in [7, 11) is 1.99. The normalized spacial score (nSPS) is 19.7. The third kappa shape index (κ3) is 2.45. The van der Waals surface area contributed by atoms with E-state index in [1.807, 2.05) is 18.0 Å². The van der Waals surface area contributed by atoms with Crippen molar-refractivity contribution in [2.75, 3.05) is 23.7 Å². The fourth-order valence-electron chi connectivity index (χ4n) is 3.15. The van der Waals surface area contributed by atoms with E-state index in [9.17, 15) is 4.39 Å². The van der Waals surface area contributed by atoms with Gasteiger partial charge in [-0.15, -0.1) is 0 Å². The van der Waals surface area contributed by atoms with Crippen molar-refractivity contribution in [3.05, 3.63) is 17.7 Å². The number of nitrogens with two attached hydrogens (primary N) is 1. The van der Waals surface area contributed by atoms with Crippen molar-refractivity contribution in [1.82, 2.24) is 9.55 Å². The van der Waals surface area contributed by atoms with Gasteiger partial charge >= 0.3 is 0 Å². The summed E-state index contributed by atoms with van der Waals surface area (Å²) in [6.07, 6.45) is 0.782. The van der Waals surface area contributed by atoms with Gasteiger partial charge < -0.3 is 15.2 Å². The van der Waals surface area contributed by atoms with Gasteiger partial charge in [0, 0.05) is 19.3 Å². The van der Waals surface area contributed by atoms with E-state index in [0.717, 1.165) is 41.2 Å². The lowest BCUT2D eigenvalue weighted by molar-refractivity contribution is 0.285. The van der Waals surface area contributed by atoms with Gasteiger partial charge in [0.25, 0.3) is 0 Å². The second-order valence-corrected chi connectivity index (χ2v) is 6.28. The zero-order valence-electron chi connectivity index (χ0n) is 12.9. The Morgan fingerprint density at radius 2 is 2.14 bits per heavy atom. The third-order valence-electron chi connectivity index (χ3n) is 4.33. The lowest BCUT2D eigenvalue weighted by atomic mass is 10.0. The molecular weight excluding hydrogens is 267 g/mol. The summed E-state index contributed by atoms with van der Waals surface area (Å²) in [6, 6.07) is 4.05. The third-order valence-corrected chi connectivity index (χ3v) is 4.33. The quantitative estimate of drug-likeness (QED) is 0.864. The van der Waals surface area contributed by atoms with Gasteiger partial charge in [0.1, 0.15) is 6.17 Å². The first kappa shape index (κ1) is 14.2. The highest BCUT2D eigenvalue weighted by Gasteiger charge is 2.23. The van der Waals surface area contributed by atoms with Crippen LogP contribution in [0.5, 0.6) is 0 Å². The molecule has 1 fully saturated rings. The van der Waals surface area contributed by atoms with Gasteiger partial charge in [-0.05, 0) is 36.5 Å². The van der Waals surface area contributed by atoms with Gasteiger partial charge in [-0.25, -0.2) is 9.37 Å². The predicted molar refractivity (Wildman–Crippen MR) is 85.6 cm³/mol. The second-order valence-electron chi connectivity index (χ2n) is 6.28. The van der Waals surface area contributed by atoms with Gasteiger partial charge in [0.15, 0.2) is 0 Å². The molecule has 4 nitrogen and oxygen atoms in total. The molecule has 3 rings (SSSR count). The smallest absolute Gasteiger partial charge is 0.206 e. The molecule has 1 aromatic carbocycles. The largest absolute Gasteiger partial charge is 0.398 e. The number of benzene rings is 1. The molecule has 0 saturated carbocycles. The predicted octanol–water partition coefficient (Wildman–Crippen LogP) is 3.22. The van der Waals surface area contributed by atoms with Crippen molar-refractivity contribution in [1.29, 1.82) is 0 Å². The van der Waals surface area contributed by atoms with Crippen LogP contribution in [0.15, 0.2) is 12.1 Å². The monoisotopic (exact) mass is 290 g/mol. The molecular formula is C16H23FN4. The number of imidazole rings is 1. The molecule has 0 amide bonds. The van der Waals surface area contributed by atoms with Crippen LogP contribution in [0.25, 0.3) is 11.0 Å². The molecule has 2 heterocycles. The van der Waals surface area contributed by atoms with Crippen LogP contribution in [-0.4, -0.2) is 28.8 Å². The number of halogens is 1. The molecule has 0 bridgehead atoms. The number of hydrogen-bond donors (Lipinski definition) is 1. The number of nitrogens with zero attached hydrogens (tertiary/aromatic N) is 3. The number of aromatic nitrogens is 2. The lowest BCUT2D eigenvalue weighted by Crippen LogP contribution is -2.37. The van der Waals surface area contributed by atoms with E-state index >= 15 is 0 Å². The van der Waals surface area contributed by atoms with Crippen molar-refractivity contribution in [3.8, 4) is 0 Å². The summed E-state index contributed by atoms with van der Waals surface area (Å²) in [4.78, 5) is 6.71. The Labute approximate surface area is 124 Å². The molecule has 1 aliphatic heterocycles. The Hall–Kier alpha value is -1.78. The Kier molecular flexibility index (Phi) is 3.51. The first-order valence-electron chi connectivity index (χ1n) is 7.62. The van der Waals surface area contributed by atoms with Crippen LogP contribution in [0, 0.1) is 0 Å². The van der Waals surface area contributed by atoms with Gasteiger partial charge in [-0.1, -0.05) is 13.8 Å². The Morgan fingerprint density at radius 3 is 2.81 bits per heavy atom. The number of alkyl halides is 1. The van der Waals surface area contributed by atoms with Crippen LogP contribution in [0.3, 0.4) is 0 Å². The molecule has 0 spiro atoms. The van der Waals surface area contributed by atoms with E-state index in [0.29, 0.717) is 18.9 Å². The van der Waals surface area contributed by atoms with Gasteiger partial charge in [-0.2, -0.15) is 0 Å². The molecule has 1 atom stereocenters. The van der Waals surface area contributed by atoms with E-state index < -0.39 is 6.17 Å². The lowest BCUT2D eigenvalue weighted by Gasteiger charge is -2.29. The van der Waals surface area contributed by atoms with Crippen LogP contribution < -0.4 is 10.6 Å². The minimum Gasteiger partial charge on any atom is -0.398 e. The summed E-state index contributed by atoms with van der Waals surface area (Å²) in [5.41, 5.74) is 9.99. The number of fused-ring (bicyclic) bond motifs is 1. The Balaban J connectivity index is 2.07. The Morgan fingerprint density at radius 1 is 1.38 bits per heavy atom.